The number of hydrogen-bond donors (Lipinski definition) is 0. The van der Waals surface area contributed by atoms with Gasteiger partial charge in [0.1, 0.15) is 18.6 Å². The van der Waals surface area contributed by atoms with E-state index in [2.05, 4.69) is 64.8 Å². The summed E-state index contributed by atoms with van der Waals surface area (Å²) in [6.07, 6.45) is 8.98. The molecule has 3 aromatic rings. The predicted octanol–water partition coefficient (Wildman–Crippen LogP) is 3.18. The summed E-state index contributed by atoms with van der Waals surface area (Å²) >= 11 is 0. The number of unbranched alkanes of at least 4 members (excludes halogenated alkanes) is 1. The zero-order valence-corrected chi connectivity index (χ0v) is 10.1. The number of benzene rings is 1. The molecule has 0 aliphatic rings. The van der Waals surface area contributed by atoms with Crippen molar-refractivity contribution in [1.29, 1.82) is 0 Å². The first-order chi connectivity index (χ1) is 8.38. The monoisotopic (exact) mass is 225 g/mol. The van der Waals surface area contributed by atoms with Crippen LogP contribution in [0, 0.1) is 0 Å². The molecule has 0 saturated carbocycles. The van der Waals surface area contributed by atoms with Crippen molar-refractivity contribution in [3.05, 3.63) is 48.9 Å². The molecule has 0 atom stereocenters. The van der Waals surface area contributed by atoms with Crippen molar-refractivity contribution in [1.82, 2.24) is 4.40 Å². The summed E-state index contributed by atoms with van der Waals surface area (Å²) in [5.41, 5.74) is 1.28. The van der Waals surface area contributed by atoms with E-state index < -0.39 is 0 Å². The molecule has 0 N–H and O–H groups in total. The third-order valence-corrected chi connectivity index (χ3v) is 3.28. The molecule has 0 aliphatic carbocycles. The topological polar surface area (TPSA) is 8.29 Å². The van der Waals surface area contributed by atoms with Gasteiger partial charge in [-0.3, -0.25) is 0 Å². The second-order valence-electron chi connectivity index (χ2n) is 4.51. The lowest BCUT2D eigenvalue weighted by Crippen LogP contribution is -2.32. The van der Waals surface area contributed by atoms with Gasteiger partial charge in [-0.25, -0.2) is 8.97 Å². The van der Waals surface area contributed by atoms with E-state index >= 15 is 0 Å². The highest BCUT2D eigenvalue weighted by molar-refractivity contribution is 5.84. The SMILES string of the molecule is CCCC[n+]1ccn2cc3ccccc3cc21. The van der Waals surface area contributed by atoms with Gasteiger partial charge >= 0.3 is 0 Å². The first-order valence-corrected chi connectivity index (χ1v) is 6.27. The van der Waals surface area contributed by atoms with Gasteiger partial charge in [-0.2, -0.15) is 0 Å². The molecular weight excluding hydrogens is 208 g/mol. The maximum atomic E-state index is 2.33. The van der Waals surface area contributed by atoms with Crippen molar-refractivity contribution in [2.45, 2.75) is 26.3 Å². The molecule has 3 rings (SSSR count). The third kappa shape index (κ3) is 1.80. The molecule has 86 valence electrons. The summed E-state index contributed by atoms with van der Waals surface area (Å²) in [5, 5.41) is 2.60. The lowest BCUT2D eigenvalue weighted by molar-refractivity contribution is -0.671. The van der Waals surface area contributed by atoms with E-state index in [9.17, 15) is 0 Å². The fraction of sp³-hybridized carbons (Fsp3) is 0.267. The van der Waals surface area contributed by atoms with E-state index in [1.54, 1.807) is 0 Å². The summed E-state index contributed by atoms with van der Waals surface area (Å²) in [5.74, 6) is 0. The standard InChI is InChI=1S/C15H17N2/c1-2-3-8-16-9-10-17-12-14-7-5-4-6-13(14)11-15(16)17/h4-7,9-12H,2-3,8H2,1H3/q+1. The Labute approximate surface area is 101 Å². The van der Waals surface area contributed by atoms with Crippen LogP contribution in [0.3, 0.4) is 0 Å². The Balaban J connectivity index is 2.17. The lowest BCUT2D eigenvalue weighted by Gasteiger charge is -1.98. The van der Waals surface area contributed by atoms with Gasteiger partial charge in [-0.15, -0.1) is 0 Å². The number of aromatic nitrogens is 2. The lowest BCUT2D eigenvalue weighted by atomic mass is 10.2. The maximum Gasteiger partial charge on any atom is 0.286 e. The van der Waals surface area contributed by atoms with Gasteiger partial charge < -0.3 is 0 Å². The molecule has 0 radical (unpaired) electrons. The molecule has 0 amide bonds. The number of aryl methyl sites for hydroxylation is 1. The van der Waals surface area contributed by atoms with Gasteiger partial charge in [0.15, 0.2) is 0 Å². The van der Waals surface area contributed by atoms with Gasteiger partial charge in [0.05, 0.1) is 6.54 Å². The van der Waals surface area contributed by atoms with Crippen LogP contribution < -0.4 is 4.57 Å². The average molecular weight is 225 g/mol. The van der Waals surface area contributed by atoms with E-state index in [1.165, 1.54) is 29.3 Å². The number of imidazole rings is 1. The predicted molar refractivity (Wildman–Crippen MR) is 70.0 cm³/mol. The van der Waals surface area contributed by atoms with Crippen LogP contribution in [0.1, 0.15) is 19.8 Å². The molecule has 0 saturated heterocycles. The smallest absolute Gasteiger partial charge is 0.230 e. The van der Waals surface area contributed by atoms with E-state index in [1.807, 2.05) is 0 Å². The van der Waals surface area contributed by atoms with Gasteiger partial charge in [0.2, 0.25) is 0 Å². The molecule has 2 nitrogen and oxygen atoms in total. The molecule has 0 unspecified atom stereocenters. The molecule has 2 aromatic heterocycles. The average Bonchev–Trinajstić information content (AvgIpc) is 2.76. The van der Waals surface area contributed by atoms with E-state index in [0.717, 1.165) is 6.54 Å². The molecule has 0 spiro atoms. The highest BCUT2D eigenvalue weighted by Gasteiger charge is 2.09. The quantitative estimate of drug-likeness (QED) is 0.605. The number of rotatable bonds is 3. The number of nitrogens with zero attached hydrogens (tertiary/aromatic N) is 2. The van der Waals surface area contributed by atoms with Crippen molar-refractivity contribution in [3.63, 3.8) is 0 Å². The van der Waals surface area contributed by atoms with Gasteiger partial charge in [-0.1, -0.05) is 37.6 Å². The fourth-order valence-electron chi connectivity index (χ4n) is 2.29. The van der Waals surface area contributed by atoms with E-state index in [-0.39, 0.29) is 0 Å². The molecule has 1 aromatic carbocycles. The third-order valence-electron chi connectivity index (χ3n) is 3.28. The number of fused-ring (bicyclic) bond motifs is 2. The zero-order valence-electron chi connectivity index (χ0n) is 10.1. The van der Waals surface area contributed by atoms with E-state index in [4.69, 9.17) is 0 Å². The molecule has 17 heavy (non-hydrogen) atoms. The second-order valence-corrected chi connectivity index (χ2v) is 4.51. The molecule has 0 aliphatic heterocycles. The Kier molecular flexibility index (Phi) is 2.56. The van der Waals surface area contributed by atoms with Crippen LogP contribution in [0.25, 0.3) is 16.4 Å². The van der Waals surface area contributed by atoms with Crippen molar-refractivity contribution in [2.24, 2.45) is 0 Å². The number of hydrogen-bond acceptors (Lipinski definition) is 0. The summed E-state index contributed by atoms with van der Waals surface area (Å²) in [7, 11) is 0. The number of pyridine rings is 1. The van der Waals surface area contributed by atoms with Crippen LogP contribution in [0.15, 0.2) is 48.9 Å². The molecule has 0 bridgehead atoms. The minimum atomic E-state index is 1.10. The van der Waals surface area contributed by atoms with Crippen LogP contribution in [0.4, 0.5) is 0 Å². The fourth-order valence-corrected chi connectivity index (χ4v) is 2.29. The van der Waals surface area contributed by atoms with Crippen molar-refractivity contribution >= 4 is 16.4 Å². The highest BCUT2D eigenvalue weighted by atomic mass is 15.1. The maximum absolute atomic E-state index is 2.33. The van der Waals surface area contributed by atoms with Crippen LogP contribution in [0.5, 0.6) is 0 Å². The highest BCUT2D eigenvalue weighted by Crippen LogP contribution is 2.14. The van der Waals surface area contributed by atoms with Gasteiger partial charge in [0.25, 0.3) is 5.65 Å². The summed E-state index contributed by atoms with van der Waals surface area (Å²) in [6, 6.07) is 10.8. The largest absolute Gasteiger partial charge is 0.286 e. The molecule has 2 heteroatoms. The second kappa shape index (κ2) is 4.21. The van der Waals surface area contributed by atoms with Crippen molar-refractivity contribution < 1.29 is 4.57 Å². The van der Waals surface area contributed by atoms with Crippen LogP contribution in [0.2, 0.25) is 0 Å². The summed E-state index contributed by atoms with van der Waals surface area (Å²) < 4.78 is 4.54. The Hall–Kier alpha value is -1.83. The first-order valence-electron chi connectivity index (χ1n) is 6.27. The Morgan fingerprint density at radius 3 is 2.82 bits per heavy atom. The molecular formula is C15H17N2+. The van der Waals surface area contributed by atoms with E-state index in [0.29, 0.717) is 0 Å². The van der Waals surface area contributed by atoms with Crippen molar-refractivity contribution in [2.75, 3.05) is 0 Å². The molecule has 0 fully saturated rings. The van der Waals surface area contributed by atoms with Crippen molar-refractivity contribution in [3.8, 4) is 0 Å². The van der Waals surface area contributed by atoms with Crippen LogP contribution in [-0.4, -0.2) is 4.40 Å². The van der Waals surface area contributed by atoms with Crippen LogP contribution in [-0.2, 0) is 6.54 Å². The zero-order chi connectivity index (χ0) is 11.7. The minimum Gasteiger partial charge on any atom is -0.230 e. The Morgan fingerprint density at radius 2 is 2.00 bits per heavy atom. The Morgan fingerprint density at radius 1 is 1.18 bits per heavy atom. The van der Waals surface area contributed by atoms with Crippen LogP contribution >= 0.6 is 0 Å². The van der Waals surface area contributed by atoms with Gasteiger partial charge in [0, 0.05) is 11.5 Å². The summed E-state index contributed by atoms with van der Waals surface area (Å²) in [4.78, 5) is 0. The minimum absolute atomic E-state index is 1.10. The summed E-state index contributed by atoms with van der Waals surface area (Å²) in [6.45, 7) is 3.33. The Bertz CT molecular complexity index is 652. The molecule has 2 heterocycles. The first kappa shape index (κ1) is 10.3. The van der Waals surface area contributed by atoms with Gasteiger partial charge in [-0.05, 0) is 11.8 Å². The normalized spacial score (nSPS) is 11.4.